The van der Waals surface area contributed by atoms with Gasteiger partial charge in [-0.15, -0.1) is 36.2 Å². The fraction of sp³-hybridized carbons (Fsp3) is 0.471. The first-order valence-electron chi connectivity index (χ1n) is 7.67. The molecule has 1 aromatic carbocycles. The maximum atomic E-state index is 4.83. The number of nitrogens with zero attached hydrogens (tertiary/aromatic N) is 2. The Morgan fingerprint density at radius 3 is 2.61 bits per heavy atom. The molecule has 0 atom stereocenters. The molecule has 0 unspecified atom stereocenters. The van der Waals surface area contributed by atoms with Gasteiger partial charge in [0.05, 0.1) is 10.7 Å². The molecule has 0 spiro atoms. The van der Waals surface area contributed by atoms with Gasteiger partial charge in [0.2, 0.25) is 0 Å². The molecule has 1 aliphatic rings. The van der Waals surface area contributed by atoms with Gasteiger partial charge in [-0.05, 0) is 19.4 Å². The molecule has 1 N–H and O–H groups in total. The Bertz CT molecular complexity index is 610. The largest absolute Gasteiger partial charge is 0.314 e. The molecule has 3 rings (SSSR count). The summed E-state index contributed by atoms with van der Waals surface area (Å²) in [5.41, 5.74) is 5.03. The number of thiazole rings is 1. The molecule has 0 amide bonds. The second kappa shape index (κ2) is 9.60. The molecule has 0 radical (unpaired) electrons. The van der Waals surface area contributed by atoms with Gasteiger partial charge in [-0.25, -0.2) is 4.98 Å². The summed E-state index contributed by atoms with van der Waals surface area (Å²) >= 11 is 1.79. The number of nitrogens with one attached hydrogen (secondary N) is 1. The van der Waals surface area contributed by atoms with Crippen molar-refractivity contribution < 1.29 is 0 Å². The van der Waals surface area contributed by atoms with E-state index in [1.54, 1.807) is 11.3 Å². The summed E-state index contributed by atoms with van der Waals surface area (Å²) in [4.78, 5) is 7.35. The third kappa shape index (κ3) is 5.44. The predicted molar refractivity (Wildman–Crippen MR) is 105 cm³/mol. The average Bonchev–Trinajstić information content (AvgIpc) is 2.95. The van der Waals surface area contributed by atoms with Crippen LogP contribution in [0.15, 0.2) is 23.6 Å². The van der Waals surface area contributed by atoms with Gasteiger partial charge in [0, 0.05) is 50.1 Å². The molecular weight excluding hydrogens is 349 g/mol. The Morgan fingerprint density at radius 1 is 1.17 bits per heavy atom. The number of rotatable bonds is 4. The Hall–Kier alpha value is -0.650. The molecule has 0 bridgehead atoms. The zero-order chi connectivity index (χ0) is 14.7. The van der Waals surface area contributed by atoms with Gasteiger partial charge in [-0.3, -0.25) is 0 Å². The average molecular weight is 374 g/mol. The summed E-state index contributed by atoms with van der Waals surface area (Å²) in [6.07, 6.45) is 1.07. The van der Waals surface area contributed by atoms with Crippen LogP contribution in [-0.2, 0) is 6.42 Å². The normalized spacial score (nSPS) is 14.9. The number of hydrogen-bond donors (Lipinski definition) is 1. The predicted octanol–water partition coefficient (Wildman–Crippen LogP) is 3.72. The zero-order valence-corrected chi connectivity index (χ0v) is 16.1. The summed E-state index contributed by atoms with van der Waals surface area (Å²) < 4.78 is 0. The molecule has 2 aromatic rings. The topological polar surface area (TPSA) is 28.2 Å². The van der Waals surface area contributed by atoms with Crippen LogP contribution < -0.4 is 5.32 Å². The van der Waals surface area contributed by atoms with Gasteiger partial charge in [-0.1, -0.05) is 23.8 Å². The summed E-state index contributed by atoms with van der Waals surface area (Å²) in [6, 6.07) is 6.59. The Kier molecular flexibility index (Phi) is 8.51. The third-order valence-corrected chi connectivity index (χ3v) is 4.97. The van der Waals surface area contributed by atoms with Crippen LogP contribution in [0.4, 0.5) is 0 Å². The van der Waals surface area contributed by atoms with Crippen LogP contribution in [-0.4, -0.2) is 42.6 Å². The van der Waals surface area contributed by atoms with Crippen LogP contribution in [0.3, 0.4) is 0 Å². The highest BCUT2D eigenvalue weighted by atomic mass is 35.5. The fourth-order valence-electron chi connectivity index (χ4n) is 2.84. The number of halogens is 2. The van der Waals surface area contributed by atoms with Crippen LogP contribution in [0.25, 0.3) is 11.3 Å². The molecular formula is C17H25Cl2N3S. The molecule has 1 fully saturated rings. The van der Waals surface area contributed by atoms with E-state index in [0.717, 1.165) is 44.8 Å². The minimum absolute atomic E-state index is 0. The lowest BCUT2D eigenvalue weighted by Crippen LogP contribution is -2.44. The van der Waals surface area contributed by atoms with Gasteiger partial charge in [0.15, 0.2) is 0 Å². The molecule has 128 valence electrons. The van der Waals surface area contributed by atoms with E-state index in [4.69, 9.17) is 4.98 Å². The number of benzene rings is 1. The van der Waals surface area contributed by atoms with Crippen LogP contribution in [0.5, 0.6) is 0 Å². The highest BCUT2D eigenvalue weighted by Crippen LogP contribution is 2.26. The molecule has 0 saturated carbocycles. The summed E-state index contributed by atoms with van der Waals surface area (Å²) in [7, 11) is 0. The van der Waals surface area contributed by atoms with Gasteiger partial charge in [-0.2, -0.15) is 0 Å². The molecule has 23 heavy (non-hydrogen) atoms. The van der Waals surface area contributed by atoms with Crippen molar-refractivity contribution in [2.24, 2.45) is 0 Å². The molecule has 2 heterocycles. The fourth-order valence-corrected chi connectivity index (χ4v) is 3.63. The minimum Gasteiger partial charge on any atom is -0.314 e. The molecule has 1 aromatic heterocycles. The summed E-state index contributed by atoms with van der Waals surface area (Å²) in [6.45, 7) is 9.99. The zero-order valence-electron chi connectivity index (χ0n) is 13.7. The van der Waals surface area contributed by atoms with Crippen LogP contribution in [0, 0.1) is 13.8 Å². The summed E-state index contributed by atoms with van der Waals surface area (Å²) in [5, 5.41) is 6.85. The first kappa shape index (κ1) is 20.4. The Labute approximate surface area is 155 Å². The lowest BCUT2D eigenvalue weighted by atomic mass is 10.0. The van der Waals surface area contributed by atoms with E-state index in [1.807, 2.05) is 0 Å². The number of aryl methyl sites for hydroxylation is 2. The Balaban J connectivity index is 0.00000132. The first-order valence-corrected chi connectivity index (χ1v) is 8.55. The minimum atomic E-state index is 0. The van der Waals surface area contributed by atoms with E-state index in [0.29, 0.717) is 0 Å². The van der Waals surface area contributed by atoms with E-state index in [-0.39, 0.29) is 24.8 Å². The SMILES string of the molecule is Cc1ccc(-c2csc(CCN3CCNCC3)n2)c(C)c1.Cl.Cl. The highest BCUT2D eigenvalue weighted by Gasteiger charge is 2.11. The quantitative estimate of drug-likeness (QED) is 0.884. The van der Waals surface area contributed by atoms with Crippen LogP contribution >= 0.6 is 36.2 Å². The van der Waals surface area contributed by atoms with Crippen molar-refractivity contribution in [1.82, 2.24) is 15.2 Å². The maximum Gasteiger partial charge on any atom is 0.0945 e. The smallest absolute Gasteiger partial charge is 0.0945 e. The molecule has 1 aliphatic heterocycles. The monoisotopic (exact) mass is 373 g/mol. The molecule has 3 nitrogen and oxygen atoms in total. The van der Waals surface area contributed by atoms with Crippen molar-refractivity contribution in [2.75, 3.05) is 32.7 Å². The number of aromatic nitrogens is 1. The third-order valence-electron chi connectivity index (χ3n) is 4.06. The van der Waals surface area contributed by atoms with E-state index < -0.39 is 0 Å². The van der Waals surface area contributed by atoms with Crippen molar-refractivity contribution in [3.8, 4) is 11.3 Å². The van der Waals surface area contributed by atoms with Crippen molar-refractivity contribution in [3.05, 3.63) is 39.7 Å². The van der Waals surface area contributed by atoms with Gasteiger partial charge in [0.25, 0.3) is 0 Å². The number of hydrogen-bond acceptors (Lipinski definition) is 4. The van der Waals surface area contributed by atoms with E-state index >= 15 is 0 Å². The van der Waals surface area contributed by atoms with E-state index in [1.165, 1.54) is 21.7 Å². The van der Waals surface area contributed by atoms with Gasteiger partial charge < -0.3 is 10.2 Å². The lowest BCUT2D eigenvalue weighted by molar-refractivity contribution is 0.244. The lowest BCUT2D eigenvalue weighted by Gasteiger charge is -2.26. The molecule has 1 saturated heterocycles. The standard InChI is InChI=1S/C17H23N3S.2ClH/c1-13-3-4-15(14(2)11-13)16-12-21-17(19-16)5-8-20-9-6-18-7-10-20;;/h3-4,11-12,18H,5-10H2,1-2H3;2*1H. The summed E-state index contributed by atoms with van der Waals surface area (Å²) in [5.74, 6) is 0. The van der Waals surface area contributed by atoms with E-state index in [2.05, 4.69) is 47.6 Å². The van der Waals surface area contributed by atoms with Crippen molar-refractivity contribution >= 4 is 36.2 Å². The second-order valence-electron chi connectivity index (χ2n) is 5.79. The highest BCUT2D eigenvalue weighted by molar-refractivity contribution is 7.09. The van der Waals surface area contributed by atoms with Crippen LogP contribution in [0.2, 0.25) is 0 Å². The molecule has 6 heteroatoms. The second-order valence-corrected chi connectivity index (χ2v) is 6.73. The Morgan fingerprint density at radius 2 is 1.91 bits per heavy atom. The van der Waals surface area contributed by atoms with Crippen molar-refractivity contribution in [2.45, 2.75) is 20.3 Å². The van der Waals surface area contributed by atoms with Gasteiger partial charge in [0.1, 0.15) is 0 Å². The number of piperazine rings is 1. The van der Waals surface area contributed by atoms with Gasteiger partial charge >= 0.3 is 0 Å². The van der Waals surface area contributed by atoms with Crippen molar-refractivity contribution in [3.63, 3.8) is 0 Å². The van der Waals surface area contributed by atoms with E-state index in [9.17, 15) is 0 Å². The first-order chi connectivity index (χ1) is 10.2. The maximum absolute atomic E-state index is 4.83. The van der Waals surface area contributed by atoms with Crippen molar-refractivity contribution in [1.29, 1.82) is 0 Å². The van der Waals surface area contributed by atoms with Crippen LogP contribution in [0.1, 0.15) is 16.1 Å². The molecule has 0 aliphatic carbocycles.